The fourth-order valence-electron chi connectivity index (χ4n) is 2.16. The number of aliphatic hydroxyl groups is 1. The molecule has 0 fully saturated rings. The Morgan fingerprint density at radius 3 is 2.29 bits per heavy atom. The molecule has 1 atom stereocenters. The number of hydrogen-bond acceptors (Lipinski definition) is 2. The van der Waals surface area contributed by atoms with E-state index in [-0.39, 0.29) is 18.6 Å². The molecule has 0 aliphatic rings. The van der Waals surface area contributed by atoms with Crippen LogP contribution in [0.25, 0.3) is 6.08 Å². The number of aliphatic hydroxyl groups excluding tert-OH is 1. The third kappa shape index (κ3) is 6.58. The van der Waals surface area contributed by atoms with Gasteiger partial charge in [-0.1, -0.05) is 52.0 Å². The number of carbonyl (C=O) groups is 1. The van der Waals surface area contributed by atoms with Crippen LogP contribution < -0.4 is 5.32 Å². The van der Waals surface area contributed by atoms with Crippen molar-refractivity contribution in [3.8, 4) is 0 Å². The summed E-state index contributed by atoms with van der Waals surface area (Å²) < 4.78 is 0. The van der Waals surface area contributed by atoms with Crippen molar-refractivity contribution in [2.45, 2.75) is 46.1 Å². The first kappa shape index (κ1) is 17.4. The maximum atomic E-state index is 11.8. The summed E-state index contributed by atoms with van der Waals surface area (Å²) >= 11 is 0. The van der Waals surface area contributed by atoms with Crippen LogP contribution in [-0.2, 0) is 4.79 Å². The lowest BCUT2D eigenvalue weighted by Crippen LogP contribution is -2.37. The summed E-state index contributed by atoms with van der Waals surface area (Å²) in [6.07, 6.45) is 4.09. The van der Waals surface area contributed by atoms with Gasteiger partial charge in [-0.2, -0.15) is 0 Å². The van der Waals surface area contributed by atoms with Crippen LogP contribution in [0.4, 0.5) is 0 Å². The SMILES string of the molecule is CC(C)CC(CO)NC(=O)C=Cc1ccc(C(C)C)cc1. The van der Waals surface area contributed by atoms with E-state index in [0.717, 1.165) is 12.0 Å². The van der Waals surface area contributed by atoms with Crippen LogP contribution in [0, 0.1) is 5.92 Å². The minimum Gasteiger partial charge on any atom is -0.394 e. The third-order valence-corrected chi connectivity index (χ3v) is 3.35. The minimum absolute atomic E-state index is 0.0269. The maximum absolute atomic E-state index is 11.8. The van der Waals surface area contributed by atoms with Gasteiger partial charge in [-0.15, -0.1) is 0 Å². The molecule has 1 amide bonds. The van der Waals surface area contributed by atoms with Crippen LogP contribution in [0.2, 0.25) is 0 Å². The summed E-state index contributed by atoms with van der Waals surface area (Å²) in [5, 5.41) is 12.1. The molecular weight excluding hydrogens is 262 g/mol. The zero-order valence-electron chi connectivity index (χ0n) is 13.5. The van der Waals surface area contributed by atoms with Crippen molar-refractivity contribution in [3.05, 3.63) is 41.5 Å². The summed E-state index contributed by atoms with van der Waals surface area (Å²) in [4.78, 5) is 11.8. The molecule has 0 bridgehead atoms. The molecule has 0 radical (unpaired) electrons. The van der Waals surface area contributed by atoms with E-state index >= 15 is 0 Å². The summed E-state index contributed by atoms with van der Waals surface area (Å²) in [5.41, 5.74) is 2.29. The number of amides is 1. The minimum atomic E-state index is -0.175. The van der Waals surface area contributed by atoms with Crippen molar-refractivity contribution >= 4 is 12.0 Å². The Kier molecular flexibility index (Phi) is 7.17. The Morgan fingerprint density at radius 2 is 1.81 bits per heavy atom. The van der Waals surface area contributed by atoms with Gasteiger partial charge in [-0.25, -0.2) is 0 Å². The zero-order chi connectivity index (χ0) is 15.8. The average Bonchev–Trinajstić information content (AvgIpc) is 2.44. The standard InChI is InChI=1S/C18H27NO2/c1-13(2)11-17(12-20)19-18(21)10-7-15-5-8-16(9-6-15)14(3)4/h5-10,13-14,17,20H,11-12H2,1-4H3,(H,19,21). The predicted molar refractivity (Wildman–Crippen MR) is 88.0 cm³/mol. The molecule has 0 aliphatic heterocycles. The Balaban J connectivity index is 2.56. The summed E-state index contributed by atoms with van der Waals surface area (Å²) in [6.45, 7) is 8.42. The zero-order valence-corrected chi connectivity index (χ0v) is 13.5. The van der Waals surface area contributed by atoms with Crippen LogP contribution in [0.5, 0.6) is 0 Å². The summed E-state index contributed by atoms with van der Waals surface area (Å²) in [5.74, 6) is 0.783. The highest BCUT2D eigenvalue weighted by Crippen LogP contribution is 2.15. The van der Waals surface area contributed by atoms with Crippen molar-refractivity contribution in [1.29, 1.82) is 0 Å². The lowest BCUT2D eigenvalue weighted by Gasteiger charge is -2.17. The molecule has 0 spiro atoms. The van der Waals surface area contributed by atoms with Crippen LogP contribution in [-0.4, -0.2) is 23.7 Å². The van der Waals surface area contributed by atoms with Crippen LogP contribution in [0.15, 0.2) is 30.3 Å². The number of carbonyl (C=O) groups excluding carboxylic acids is 1. The number of hydrogen-bond donors (Lipinski definition) is 2. The quantitative estimate of drug-likeness (QED) is 0.756. The molecule has 2 N–H and O–H groups in total. The van der Waals surface area contributed by atoms with Crippen molar-refractivity contribution < 1.29 is 9.90 Å². The second-order valence-corrected chi connectivity index (χ2v) is 6.17. The van der Waals surface area contributed by atoms with Crippen molar-refractivity contribution in [3.63, 3.8) is 0 Å². The van der Waals surface area contributed by atoms with E-state index in [2.05, 4.69) is 45.1 Å². The normalized spacial score (nSPS) is 13.1. The number of rotatable bonds is 7. The molecule has 0 heterocycles. The van der Waals surface area contributed by atoms with Crippen LogP contribution >= 0.6 is 0 Å². The van der Waals surface area contributed by atoms with E-state index in [1.807, 2.05) is 12.1 Å². The third-order valence-electron chi connectivity index (χ3n) is 3.35. The first-order valence-corrected chi connectivity index (χ1v) is 7.61. The van der Waals surface area contributed by atoms with E-state index in [4.69, 9.17) is 0 Å². The second kappa shape index (κ2) is 8.63. The van der Waals surface area contributed by atoms with Gasteiger partial charge in [0.05, 0.1) is 12.6 Å². The predicted octanol–water partition coefficient (Wildman–Crippen LogP) is 3.35. The second-order valence-electron chi connectivity index (χ2n) is 6.17. The molecule has 21 heavy (non-hydrogen) atoms. The van der Waals surface area contributed by atoms with E-state index in [1.54, 1.807) is 6.08 Å². The van der Waals surface area contributed by atoms with Gasteiger partial charge in [0, 0.05) is 6.08 Å². The highest BCUT2D eigenvalue weighted by atomic mass is 16.3. The van der Waals surface area contributed by atoms with Gasteiger partial charge in [-0.05, 0) is 35.5 Å². The highest BCUT2D eigenvalue weighted by molar-refractivity contribution is 5.91. The number of benzene rings is 1. The van der Waals surface area contributed by atoms with Gasteiger partial charge in [-0.3, -0.25) is 4.79 Å². The molecule has 1 aromatic carbocycles. The first-order chi connectivity index (χ1) is 9.92. The molecule has 1 rings (SSSR count). The molecule has 1 unspecified atom stereocenters. The Bertz CT molecular complexity index is 461. The fourth-order valence-corrected chi connectivity index (χ4v) is 2.16. The summed E-state index contributed by atoms with van der Waals surface area (Å²) in [6, 6.07) is 8.01. The first-order valence-electron chi connectivity index (χ1n) is 7.61. The molecule has 3 heteroatoms. The largest absolute Gasteiger partial charge is 0.394 e. The van der Waals surface area contributed by atoms with E-state index in [1.165, 1.54) is 11.6 Å². The Labute approximate surface area is 128 Å². The van der Waals surface area contributed by atoms with E-state index in [9.17, 15) is 9.90 Å². The van der Waals surface area contributed by atoms with Gasteiger partial charge >= 0.3 is 0 Å². The van der Waals surface area contributed by atoms with E-state index in [0.29, 0.717) is 11.8 Å². The molecule has 0 saturated heterocycles. The summed E-state index contributed by atoms with van der Waals surface area (Å²) in [7, 11) is 0. The Hall–Kier alpha value is -1.61. The molecule has 3 nitrogen and oxygen atoms in total. The lowest BCUT2D eigenvalue weighted by molar-refractivity contribution is -0.117. The Morgan fingerprint density at radius 1 is 1.19 bits per heavy atom. The molecule has 116 valence electrons. The fraction of sp³-hybridized carbons (Fsp3) is 0.500. The molecular formula is C18H27NO2. The smallest absolute Gasteiger partial charge is 0.244 e. The van der Waals surface area contributed by atoms with Gasteiger partial charge in [0.25, 0.3) is 0 Å². The van der Waals surface area contributed by atoms with E-state index < -0.39 is 0 Å². The van der Waals surface area contributed by atoms with Gasteiger partial charge in [0.1, 0.15) is 0 Å². The number of nitrogens with one attached hydrogen (secondary N) is 1. The molecule has 0 saturated carbocycles. The average molecular weight is 289 g/mol. The van der Waals surface area contributed by atoms with Gasteiger partial charge in [0.15, 0.2) is 0 Å². The molecule has 1 aromatic rings. The van der Waals surface area contributed by atoms with Crippen molar-refractivity contribution in [2.75, 3.05) is 6.61 Å². The van der Waals surface area contributed by atoms with Crippen molar-refractivity contribution in [2.24, 2.45) is 5.92 Å². The van der Waals surface area contributed by atoms with Crippen molar-refractivity contribution in [1.82, 2.24) is 5.32 Å². The lowest BCUT2D eigenvalue weighted by atomic mass is 10.0. The topological polar surface area (TPSA) is 49.3 Å². The van der Waals surface area contributed by atoms with Crippen LogP contribution in [0.3, 0.4) is 0 Å². The van der Waals surface area contributed by atoms with Gasteiger partial charge in [0.2, 0.25) is 5.91 Å². The maximum Gasteiger partial charge on any atom is 0.244 e. The monoisotopic (exact) mass is 289 g/mol. The highest BCUT2D eigenvalue weighted by Gasteiger charge is 2.11. The molecule has 0 aliphatic carbocycles. The van der Waals surface area contributed by atoms with Gasteiger partial charge < -0.3 is 10.4 Å². The van der Waals surface area contributed by atoms with Crippen LogP contribution in [0.1, 0.15) is 51.2 Å². The molecule has 0 aromatic heterocycles.